The summed E-state index contributed by atoms with van der Waals surface area (Å²) in [5.41, 5.74) is 3.34. The van der Waals surface area contributed by atoms with E-state index in [2.05, 4.69) is 41.0 Å². The zero-order chi connectivity index (χ0) is 13.8. The number of aliphatic hydroxyl groups excluding tert-OH is 1. The summed E-state index contributed by atoms with van der Waals surface area (Å²) < 4.78 is 2.17. The van der Waals surface area contributed by atoms with Gasteiger partial charge in [-0.15, -0.1) is 0 Å². The third-order valence-corrected chi connectivity index (χ3v) is 3.45. The molecule has 0 aliphatic heterocycles. The van der Waals surface area contributed by atoms with Gasteiger partial charge < -0.3 is 9.67 Å². The van der Waals surface area contributed by atoms with E-state index in [0.717, 1.165) is 23.0 Å². The highest BCUT2D eigenvalue weighted by atomic mass is 16.3. The Hall–Kier alpha value is -2.32. The smallest absolute Gasteiger partial charge is 0.0702 e. The molecule has 1 aromatic heterocycles. The first-order valence-corrected chi connectivity index (χ1v) is 6.77. The Morgan fingerprint density at radius 3 is 2.50 bits per heavy atom. The Labute approximate surface area is 118 Å². The zero-order valence-corrected chi connectivity index (χ0v) is 11.2. The molecule has 0 fully saturated rings. The number of hydrogen-bond donors (Lipinski definition) is 1. The zero-order valence-electron chi connectivity index (χ0n) is 11.2. The van der Waals surface area contributed by atoms with Gasteiger partial charge in [0.15, 0.2) is 0 Å². The van der Waals surface area contributed by atoms with Crippen molar-refractivity contribution in [3.05, 3.63) is 78.0 Å². The molecule has 0 amide bonds. The van der Waals surface area contributed by atoms with E-state index in [4.69, 9.17) is 0 Å². The average Bonchev–Trinajstić information content (AvgIpc) is 2.87. The van der Waals surface area contributed by atoms with E-state index < -0.39 is 0 Å². The van der Waals surface area contributed by atoms with Crippen molar-refractivity contribution in [2.45, 2.75) is 13.2 Å². The Balaban J connectivity index is 1.86. The largest absolute Gasteiger partial charge is 0.392 e. The maximum atomic E-state index is 9.42. The monoisotopic (exact) mass is 263 g/mol. The second-order valence-electron chi connectivity index (χ2n) is 4.80. The van der Waals surface area contributed by atoms with Crippen molar-refractivity contribution in [1.29, 1.82) is 0 Å². The van der Waals surface area contributed by atoms with Crippen LogP contribution < -0.4 is 0 Å². The Kier molecular flexibility index (Phi) is 3.66. The fraction of sp³-hybridized carbons (Fsp3) is 0.111. The molecule has 1 heterocycles. The molecule has 3 rings (SSSR count). The fourth-order valence-corrected chi connectivity index (χ4v) is 2.47. The molecular weight excluding hydrogens is 246 g/mol. The number of nitrogens with zero attached hydrogens (tertiary/aromatic N) is 1. The first kappa shape index (κ1) is 12.7. The Bertz CT molecular complexity index is 726. The van der Waals surface area contributed by atoms with Crippen molar-refractivity contribution in [3.8, 4) is 0 Å². The summed E-state index contributed by atoms with van der Waals surface area (Å²) >= 11 is 0. The minimum absolute atomic E-state index is 0.0793. The summed E-state index contributed by atoms with van der Waals surface area (Å²) in [5.74, 6) is 0. The van der Waals surface area contributed by atoms with Gasteiger partial charge in [0.1, 0.15) is 0 Å². The molecule has 0 saturated heterocycles. The van der Waals surface area contributed by atoms with E-state index in [9.17, 15) is 5.11 Å². The second-order valence-corrected chi connectivity index (χ2v) is 4.80. The summed E-state index contributed by atoms with van der Waals surface area (Å²) in [7, 11) is 0. The van der Waals surface area contributed by atoms with Gasteiger partial charge in [-0.2, -0.15) is 0 Å². The molecule has 0 saturated carbocycles. The number of para-hydroxylation sites is 1. The van der Waals surface area contributed by atoms with Gasteiger partial charge in [-0.05, 0) is 11.6 Å². The van der Waals surface area contributed by atoms with Crippen molar-refractivity contribution in [2.24, 2.45) is 0 Å². The maximum Gasteiger partial charge on any atom is 0.0702 e. The molecule has 20 heavy (non-hydrogen) atoms. The van der Waals surface area contributed by atoms with Gasteiger partial charge in [0.25, 0.3) is 0 Å². The number of allylic oxidation sites excluding steroid dienone is 1. The first-order valence-electron chi connectivity index (χ1n) is 6.77. The highest BCUT2D eigenvalue weighted by Gasteiger charge is 2.05. The molecule has 2 heteroatoms. The van der Waals surface area contributed by atoms with Gasteiger partial charge in [0.2, 0.25) is 0 Å². The highest BCUT2D eigenvalue weighted by Crippen LogP contribution is 2.21. The molecule has 0 bridgehead atoms. The lowest BCUT2D eigenvalue weighted by Gasteiger charge is -2.00. The minimum Gasteiger partial charge on any atom is -0.392 e. The maximum absolute atomic E-state index is 9.42. The van der Waals surface area contributed by atoms with Crippen LogP contribution in [0.4, 0.5) is 0 Å². The number of rotatable bonds is 4. The predicted molar refractivity (Wildman–Crippen MR) is 83.3 cm³/mol. The Morgan fingerprint density at radius 2 is 1.70 bits per heavy atom. The summed E-state index contributed by atoms with van der Waals surface area (Å²) in [6, 6.07) is 18.4. The molecule has 0 spiro atoms. The molecular formula is C18H17NO. The lowest BCUT2D eigenvalue weighted by molar-refractivity contribution is 0.283. The molecule has 2 aromatic carbocycles. The lowest BCUT2D eigenvalue weighted by atomic mass is 10.2. The van der Waals surface area contributed by atoms with E-state index >= 15 is 0 Å². The third-order valence-electron chi connectivity index (χ3n) is 3.45. The topological polar surface area (TPSA) is 25.2 Å². The molecule has 0 unspecified atom stereocenters. The van der Waals surface area contributed by atoms with Crippen LogP contribution in [0.25, 0.3) is 17.0 Å². The van der Waals surface area contributed by atoms with Gasteiger partial charge in [0.05, 0.1) is 6.61 Å². The molecule has 1 N–H and O–H groups in total. The van der Waals surface area contributed by atoms with E-state index in [-0.39, 0.29) is 6.61 Å². The minimum atomic E-state index is 0.0793. The molecule has 100 valence electrons. The van der Waals surface area contributed by atoms with Crippen molar-refractivity contribution in [1.82, 2.24) is 4.57 Å². The van der Waals surface area contributed by atoms with Crippen LogP contribution in [0.2, 0.25) is 0 Å². The lowest BCUT2D eigenvalue weighted by Crippen LogP contribution is -1.92. The van der Waals surface area contributed by atoms with Crippen molar-refractivity contribution in [2.75, 3.05) is 0 Å². The van der Waals surface area contributed by atoms with E-state index in [1.807, 2.05) is 36.5 Å². The van der Waals surface area contributed by atoms with Crippen LogP contribution in [0.3, 0.4) is 0 Å². The van der Waals surface area contributed by atoms with E-state index in [0.29, 0.717) is 0 Å². The van der Waals surface area contributed by atoms with Gasteiger partial charge in [-0.1, -0.05) is 60.7 Å². The third kappa shape index (κ3) is 2.51. The summed E-state index contributed by atoms with van der Waals surface area (Å²) in [6.45, 7) is 0.880. The van der Waals surface area contributed by atoms with Gasteiger partial charge in [-0.25, -0.2) is 0 Å². The summed E-state index contributed by atoms with van der Waals surface area (Å²) in [6.07, 6.45) is 6.29. The van der Waals surface area contributed by atoms with Crippen molar-refractivity contribution < 1.29 is 5.11 Å². The van der Waals surface area contributed by atoms with Crippen LogP contribution in [0.5, 0.6) is 0 Å². The molecule has 0 radical (unpaired) electrons. The molecule has 2 nitrogen and oxygen atoms in total. The number of hydrogen-bond acceptors (Lipinski definition) is 1. The second kappa shape index (κ2) is 5.76. The van der Waals surface area contributed by atoms with Crippen LogP contribution >= 0.6 is 0 Å². The van der Waals surface area contributed by atoms with Crippen molar-refractivity contribution >= 4 is 17.0 Å². The van der Waals surface area contributed by atoms with Gasteiger partial charge in [0, 0.05) is 29.2 Å². The molecule has 0 aliphatic carbocycles. The molecule has 0 atom stereocenters. The highest BCUT2D eigenvalue weighted by molar-refractivity contribution is 5.83. The van der Waals surface area contributed by atoms with E-state index in [1.165, 1.54) is 5.56 Å². The standard InChI is InChI=1S/C18H17NO/c20-14-16-13-19(18-11-5-4-10-17(16)18)12-6-9-15-7-2-1-3-8-15/h1-11,13,20H,12,14H2. The average molecular weight is 263 g/mol. The van der Waals surface area contributed by atoms with Crippen LogP contribution in [0.15, 0.2) is 66.9 Å². The number of aromatic nitrogens is 1. The predicted octanol–water partition coefficient (Wildman–Crippen LogP) is 3.85. The normalized spacial score (nSPS) is 11.4. The van der Waals surface area contributed by atoms with Crippen molar-refractivity contribution in [3.63, 3.8) is 0 Å². The molecule has 0 aliphatic rings. The summed E-state index contributed by atoms with van der Waals surface area (Å²) in [4.78, 5) is 0. The van der Waals surface area contributed by atoms with Gasteiger partial charge >= 0.3 is 0 Å². The SMILES string of the molecule is OCc1cn(CC=Cc2ccccc2)c2ccccc12. The quantitative estimate of drug-likeness (QED) is 0.760. The van der Waals surface area contributed by atoms with Crippen LogP contribution in [-0.2, 0) is 13.2 Å². The van der Waals surface area contributed by atoms with Crippen LogP contribution in [0, 0.1) is 0 Å². The van der Waals surface area contributed by atoms with Gasteiger partial charge in [-0.3, -0.25) is 0 Å². The first-order chi connectivity index (χ1) is 9.88. The number of fused-ring (bicyclic) bond motifs is 1. The van der Waals surface area contributed by atoms with E-state index in [1.54, 1.807) is 0 Å². The van der Waals surface area contributed by atoms with Crippen LogP contribution in [0.1, 0.15) is 11.1 Å². The van der Waals surface area contributed by atoms with Crippen LogP contribution in [-0.4, -0.2) is 9.67 Å². The molecule has 3 aromatic rings. The number of benzene rings is 2. The Morgan fingerprint density at radius 1 is 0.950 bits per heavy atom. The fourth-order valence-electron chi connectivity index (χ4n) is 2.47. The summed E-state index contributed by atoms with van der Waals surface area (Å²) in [5, 5.41) is 10.5. The number of aliphatic hydroxyl groups is 1.